The van der Waals surface area contributed by atoms with Crippen molar-refractivity contribution >= 4 is 16.3 Å². The minimum Gasteiger partial charge on any atom is -0.378 e. The predicted molar refractivity (Wildman–Crippen MR) is 88.9 cm³/mol. The van der Waals surface area contributed by atoms with Crippen LogP contribution in [-0.4, -0.2) is 26.3 Å². The molecule has 0 amide bonds. The molecule has 2 aromatic rings. The number of thiophene rings is 1. The van der Waals surface area contributed by atoms with Crippen LogP contribution >= 0.6 is 11.3 Å². The summed E-state index contributed by atoms with van der Waals surface area (Å²) < 4.78 is 5.37. The maximum absolute atomic E-state index is 9.30. The van der Waals surface area contributed by atoms with Crippen LogP contribution < -0.4 is 4.90 Å². The minimum atomic E-state index is 0.762. The maximum Gasteiger partial charge on any atom is 0.101 e. The maximum atomic E-state index is 9.30. The van der Waals surface area contributed by atoms with Gasteiger partial charge in [0.1, 0.15) is 6.07 Å². The molecule has 0 unspecified atom stereocenters. The second kappa shape index (κ2) is 7.82. The Kier molecular flexibility index (Phi) is 5.79. The molecule has 1 saturated heterocycles. The number of hydrogen-bond acceptors (Lipinski definition) is 4. The number of rotatable bonds is 2. The molecular weight excluding hydrogens is 280 g/mol. The van der Waals surface area contributed by atoms with Gasteiger partial charge in [0.2, 0.25) is 0 Å². The van der Waals surface area contributed by atoms with Gasteiger partial charge in [0, 0.05) is 13.1 Å². The highest BCUT2D eigenvalue weighted by molar-refractivity contribution is 7.19. The Morgan fingerprint density at radius 2 is 1.81 bits per heavy atom. The highest BCUT2D eigenvalue weighted by atomic mass is 32.1. The van der Waals surface area contributed by atoms with Gasteiger partial charge in [-0.1, -0.05) is 44.2 Å². The summed E-state index contributed by atoms with van der Waals surface area (Å²) >= 11 is 1.69. The molecule has 3 rings (SSSR count). The van der Waals surface area contributed by atoms with Gasteiger partial charge in [-0.15, -0.1) is 11.3 Å². The van der Waals surface area contributed by atoms with E-state index in [2.05, 4.69) is 23.1 Å². The first-order valence-electron chi connectivity index (χ1n) is 7.30. The Labute approximate surface area is 130 Å². The van der Waals surface area contributed by atoms with E-state index in [1.54, 1.807) is 11.3 Å². The van der Waals surface area contributed by atoms with Crippen molar-refractivity contribution in [3.8, 4) is 16.5 Å². The van der Waals surface area contributed by atoms with Crippen molar-refractivity contribution in [2.24, 2.45) is 0 Å². The molecule has 2 heterocycles. The summed E-state index contributed by atoms with van der Waals surface area (Å²) in [5.41, 5.74) is 1.88. The van der Waals surface area contributed by atoms with Crippen LogP contribution in [0, 0.1) is 11.3 Å². The van der Waals surface area contributed by atoms with E-state index >= 15 is 0 Å². The Morgan fingerprint density at radius 1 is 1.14 bits per heavy atom. The molecule has 0 bridgehead atoms. The van der Waals surface area contributed by atoms with Crippen LogP contribution in [0.5, 0.6) is 0 Å². The van der Waals surface area contributed by atoms with Gasteiger partial charge in [-0.05, 0) is 11.6 Å². The summed E-state index contributed by atoms with van der Waals surface area (Å²) in [6.07, 6.45) is 0. The summed E-state index contributed by atoms with van der Waals surface area (Å²) in [6, 6.07) is 14.4. The number of hydrogen-bond donors (Lipinski definition) is 0. The molecule has 0 saturated carbocycles. The zero-order chi connectivity index (χ0) is 15.1. The van der Waals surface area contributed by atoms with Crippen molar-refractivity contribution in [2.45, 2.75) is 13.8 Å². The molecular formula is C17H20N2OS. The fourth-order valence-electron chi connectivity index (χ4n) is 2.20. The van der Waals surface area contributed by atoms with E-state index in [1.807, 2.05) is 38.1 Å². The van der Waals surface area contributed by atoms with Gasteiger partial charge in [-0.3, -0.25) is 0 Å². The van der Waals surface area contributed by atoms with E-state index in [4.69, 9.17) is 4.74 Å². The normalized spacial score (nSPS) is 14.0. The first kappa shape index (κ1) is 15.6. The van der Waals surface area contributed by atoms with E-state index in [0.717, 1.165) is 42.3 Å². The SMILES string of the molecule is CC.N#Cc1cc(N2CCOCC2)sc1-c1ccccc1. The molecule has 1 fully saturated rings. The fourth-order valence-corrected chi connectivity index (χ4v) is 3.37. The molecule has 0 N–H and O–H groups in total. The average molecular weight is 300 g/mol. The van der Waals surface area contributed by atoms with Crippen molar-refractivity contribution in [1.82, 2.24) is 0 Å². The summed E-state index contributed by atoms with van der Waals surface area (Å²) in [5.74, 6) is 0. The quantitative estimate of drug-likeness (QED) is 0.836. The van der Waals surface area contributed by atoms with Crippen LogP contribution in [-0.2, 0) is 4.74 Å². The second-order valence-electron chi connectivity index (χ2n) is 4.40. The second-order valence-corrected chi connectivity index (χ2v) is 5.44. The predicted octanol–water partition coefficient (Wildman–Crippen LogP) is 4.15. The standard InChI is InChI=1S/C15H14N2OS.C2H6/c16-11-13-10-14(17-6-8-18-9-7-17)19-15(13)12-4-2-1-3-5-12;1-2/h1-5,10H,6-9H2;1-2H3. The van der Waals surface area contributed by atoms with Crippen LogP contribution in [0.25, 0.3) is 10.4 Å². The third-order valence-corrected chi connectivity index (χ3v) is 4.44. The minimum absolute atomic E-state index is 0.762. The summed E-state index contributed by atoms with van der Waals surface area (Å²) in [7, 11) is 0. The lowest BCUT2D eigenvalue weighted by molar-refractivity contribution is 0.123. The van der Waals surface area contributed by atoms with Gasteiger partial charge in [0.05, 0.1) is 28.7 Å². The first-order chi connectivity index (χ1) is 10.4. The Morgan fingerprint density at radius 3 is 2.43 bits per heavy atom. The third-order valence-electron chi connectivity index (χ3n) is 3.20. The molecule has 1 aliphatic heterocycles. The molecule has 0 aliphatic carbocycles. The molecule has 0 spiro atoms. The van der Waals surface area contributed by atoms with Gasteiger partial charge in [0.25, 0.3) is 0 Å². The van der Waals surface area contributed by atoms with E-state index in [9.17, 15) is 5.26 Å². The number of ether oxygens (including phenoxy) is 1. The Hall–Kier alpha value is -1.83. The van der Waals surface area contributed by atoms with Crippen LogP contribution in [0.2, 0.25) is 0 Å². The van der Waals surface area contributed by atoms with Gasteiger partial charge in [-0.2, -0.15) is 5.26 Å². The number of benzene rings is 1. The summed E-state index contributed by atoms with van der Waals surface area (Å²) in [6.45, 7) is 7.33. The van der Waals surface area contributed by atoms with Crippen molar-refractivity contribution in [3.63, 3.8) is 0 Å². The number of anilines is 1. The zero-order valence-electron chi connectivity index (χ0n) is 12.5. The molecule has 21 heavy (non-hydrogen) atoms. The summed E-state index contributed by atoms with van der Waals surface area (Å²) in [5, 5.41) is 10.5. The van der Waals surface area contributed by atoms with Crippen LogP contribution in [0.15, 0.2) is 36.4 Å². The van der Waals surface area contributed by atoms with Gasteiger partial charge < -0.3 is 9.64 Å². The lowest BCUT2D eigenvalue weighted by Crippen LogP contribution is -2.35. The molecule has 3 nitrogen and oxygen atoms in total. The van der Waals surface area contributed by atoms with Crippen LogP contribution in [0.4, 0.5) is 5.00 Å². The van der Waals surface area contributed by atoms with Gasteiger partial charge >= 0.3 is 0 Å². The summed E-state index contributed by atoms with van der Waals surface area (Å²) in [4.78, 5) is 3.35. The zero-order valence-corrected chi connectivity index (χ0v) is 13.3. The topological polar surface area (TPSA) is 36.3 Å². The fraction of sp³-hybridized carbons (Fsp3) is 0.353. The van der Waals surface area contributed by atoms with E-state index in [0.29, 0.717) is 0 Å². The monoisotopic (exact) mass is 300 g/mol. The molecule has 110 valence electrons. The Bertz CT molecular complexity index is 595. The van der Waals surface area contributed by atoms with Crippen molar-refractivity contribution in [1.29, 1.82) is 5.26 Å². The average Bonchev–Trinajstić information content (AvgIpc) is 3.03. The molecule has 1 aromatic heterocycles. The smallest absolute Gasteiger partial charge is 0.101 e. The van der Waals surface area contributed by atoms with E-state index < -0.39 is 0 Å². The van der Waals surface area contributed by atoms with Crippen molar-refractivity contribution in [2.75, 3.05) is 31.2 Å². The molecule has 0 atom stereocenters. The van der Waals surface area contributed by atoms with Crippen molar-refractivity contribution < 1.29 is 4.74 Å². The number of morpholine rings is 1. The third kappa shape index (κ3) is 3.63. The lowest BCUT2D eigenvalue weighted by atomic mass is 10.1. The van der Waals surface area contributed by atoms with E-state index in [-0.39, 0.29) is 0 Å². The lowest BCUT2D eigenvalue weighted by Gasteiger charge is -2.27. The number of nitriles is 1. The first-order valence-corrected chi connectivity index (χ1v) is 8.12. The molecule has 1 aliphatic rings. The number of nitrogens with zero attached hydrogens (tertiary/aromatic N) is 2. The Balaban J connectivity index is 0.000000774. The molecule has 1 aromatic carbocycles. The largest absolute Gasteiger partial charge is 0.378 e. The van der Waals surface area contributed by atoms with Crippen LogP contribution in [0.1, 0.15) is 19.4 Å². The van der Waals surface area contributed by atoms with Gasteiger partial charge in [0.15, 0.2) is 0 Å². The van der Waals surface area contributed by atoms with Gasteiger partial charge in [-0.25, -0.2) is 0 Å². The van der Waals surface area contributed by atoms with E-state index in [1.165, 1.54) is 5.00 Å². The molecule has 0 radical (unpaired) electrons. The molecule has 4 heteroatoms. The highest BCUT2D eigenvalue weighted by Gasteiger charge is 2.17. The van der Waals surface area contributed by atoms with Crippen LogP contribution in [0.3, 0.4) is 0 Å². The van der Waals surface area contributed by atoms with Crippen molar-refractivity contribution in [3.05, 3.63) is 42.0 Å². The highest BCUT2D eigenvalue weighted by Crippen LogP contribution is 2.37.